The van der Waals surface area contributed by atoms with Crippen molar-refractivity contribution in [1.82, 2.24) is 10.2 Å². The number of piperidine rings is 1. The highest BCUT2D eigenvalue weighted by atomic mass is 16.2. The van der Waals surface area contributed by atoms with Gasteiger partial charge in [0.05, 0.1) is 0 Å². The summed E-state index contributed by atoms with van der Waals surface area (Å²) in [5, 5.41) is 3.60. The molecule has 2 atom stereocenters. The molecule has 0 bridgehead atoms. The van der Waals surface area contributed by atoms with Crippen molar-refractivity contribution >= 4 is 6.03 Å². The van der Waals surface area contributed by atoms with Crippen molar-refractivity contribution in [3.63, 3.8) is 0 Å². The Morgan fingerprint density at radius 3 is 2.59 bits per heavy atom. The topological polar surface area (TPSA) is 58.4 Å². The zero-order chi connectivity index (χ0) is 15.8. The summed E-state index contributed by atoms with van der Waals surface area (Å²) in [4.78, 5) is 13.8. The van der Waals surface area contributed by atoms with Gasteiger partial charge in [0.2, 0.25) is 0 Å². The van der Waals surface area contributed by atoms with Crippen LogP contribution in [0, 0.1) is 11.8 Å². The minimum absolute atomic E-state index is 0.214. The van der Waals surface area contributed by atoms with Gasteiger partial charge in [0, 0.05) is 12.6 Å². The molecule has 1 unspecified atom stereocenters. The summed E-state index contributed by atoms with van der Waals surface area (Å²) in [6.07, 6.45) is 12.9. The van der Waals surface area contributed by atoms with E-state index in [0.717, 1.165) is 38.4 Å². The van der Waals surface area contributed by atoms with E-state index in [1.165, 1.54) is 51.4 Å². The zero-order valence-corrected chi connectivity index (χ0v) is 14.4. The molecule has 3 N–H and O–H groups in total. The first-order valence-corrected chi connectivity index (χ1v) is 9.49. The second kappa shape index (κ2) is 9.39. The van der Waals surface area contributed by atoms with Crippen LogP contribution in [0.15, 0.2) is 0 Å². The Bertz CT molecular complexity index is 328. The van der Waals surface area contributed by atoms with Crippen molar-refractivity contribution in [1.29, 1.82) is 0 Å². The minimum atomic E-state index is -0.214. The Labute approximate surface area is 136 Å². The lowest BCUT2D eigenvalue weighted by molar-refractivity contribution is 0.107. The van der Waals surface area contributed by atoms with Crippen LogP contribution in [-0.2, 0) is 0 Å². The van der Waals surface area contributed by atoms with Crippen molar-refractivity contribution in [3.05, 3.63) is 0 Å². The molecule has 4 nitrogen and oxygen atoms in total. The van der Waals surface area contributed by atoms with E-state index >= 15 is 0 Å². The lowest BCUT2D eigenvalue weighted by atomic mass is 9.78. The molecular formula is C18H35N3O. The van der Waals surface area contributed by atoms with Crippen LogP contribution in [-0.4, -0.2) is 36.6 Å². The van der Waals surface area contributed by atoms with E-state index in [9.17, 15) is 4.79 Å². The maximum Gasteiger partial charge on any atom is 0.315 e. The number of likely N-dealkylation sites (tertiary alicyclic amines) is 1. The maximum absolute atomic E-state index is 11.8. The highest BCUT2D eigenvalue weighted by Crippen LogP contribution is 2.33. The van der Waals surface area contributed by atoms with Crippen molar-refractivity contribution in [2.75, 3.05) is 19.6 Å². The van der Waals surface area contributed by atoms with Gasteiger partial charge in [-0.05, 0) is 57.0 Å². The number of nitrogens with one attached hydrogen (secondary N) is 1. The summed E-state index contributed by atoms with van der Waals surface area (Å²) < 4.78 is 0. The van der Waals surface area contributed by atoms with Gasteiger partial charge >= 0.3 is 6.03 Å². The van der Waals surface area contributed by atoms with Crippen molar-refractivity contribution in [3.8, 4) is 0 Å². The molecule has 2 amide bonds. The summed E-state index contributed by atoms with van der Waals surface area (Å²) >= 11 is 0. The smallest absolute Gasteiger partial charge is 0.315 e. The van der Waals surface area contributed by atoms with Gasteiger partial charge in [-0.3, -0.25) is 0 Å². The Balaban J connectivity index is 1.98. The minimum Gasteiger partial charge on any atom is -0.351 e. The molecule has 1 saturated heterocycles. The summed E-state index contributed by atoms with van der Waals surface area (Å²) in [6, 6.07) is 0.145. The summed E-state index contributed by atoms with van der Waals surface area (Å²) in [7, 11) is 0. The van der Waals surface area contributed by atoms with Crippen LogP contribution in [0.3, 0.4) is 0 Å². The fraction of sp³-hybridized carbons (Fsp3) is 0.944. The van der Waals surface area contributed by atoms with Crippen molar-refractivity contribution in [2.24, 2.45) is 17.6 Å². The monoisotopic (exact) mass is 309 g/mol. The lowest BCUT2D eigenvalue weighted by Gasteiger charge is -2.41. The van der Waals surface area contributed by atoms with E-state index in [-0.39, 0.29) is 6.03 Å². The van der Waals surface area contributed by atoms with E-state index in [2.05, 4.69) is 12.2 Å². The average molecular weight is 309 g/mol. The van der Waals surface area contributed by atoms with Crippen LogP contribution in [0.2, 0.25) is 0 Å². The molecule has 4 heteroatoms. The molecule has 0 radical (unpaired) electrons. The number of primary amides is 1. The van der Waals surface area contributed by atoms with E-state index in [1.54, 1.807) is 0 Å². The molecule has 2 rings (SSSR count). The number of urea groups is 1. The second-order valence-corrected chi connectivity index (χ2v) is 7.30. The predicted octanol–water partition coefficient (Wildman–Crippen LogP) is 3.51. The van der Waals surface area contributed by atoms with Gasteiger partial charge < -0.3 is 16.0 Å². The van der Waals surface area contributed by atoms with Gasteiger partial charge in [-0.25, -0.2) is 4.79 Å². The number of nitrogens with zero attached hydrogens (tertiary/aromatic N) is 1. The van der Waals surface area contributed by atoms with Crippen molar-refractivity contribution < 1.29 is 4.79 Å². The zero-order valence-electron chi connectivity index (χ0n) is 14.4. The summed E-state index contributed by atoms with van der Waals surface area (Å²) in [5.41, 5.74) is 5.65. The molecule has 1 aliphatic heterocycles. The number of carbonyl (C=O) groups excluding carboxylic acids is 1. The molecule has 0 aromatic rings. The largest absolute Gasteiger partial charge is 0.351 e. The van der Waals surface area contributed by atoms with Gasteiger partial charge in [-0.1, -0.05) is 39.0 Å². The Morgan fingerprint density at radius 1 is 1.18 bits per heavy atom. The first kappa shape index (κ1) is 17.6. The molecule has 2 aliphatic rings. The Morgan fingerprint density at radius 2 is 1.91 bits per heavy atom. The third kappa shape index (κ3) is 5.15. The fourth-order valence-electron chi connectivity index (χ4n) is 4.41. The van der Waals surface area contributed by atoms with Gasteiger partial charge in [-0.15, -0.1) is 0 Å². The van der Waals surface area contributed by atoms with E-state index in [0.29, 0.717) is 12.0 Å². The van der Waals surface area contributed by atoms with Gasteiger partial charge in [-0.2, -0.15) is 0 Å². The molecule has 1 saturated carbocycles. The summed E-state index contributed by atoms with van der Waals surface area (Å²) in [6.45, 7) is 5.18. The Hall–Kier alpha value is -0.770. The molecule has 0 aromatic carbocycles. The molecule has 0 spiro atoms. The standard InChI is InChI=1S/C18H35N3O/c1-2-11-20-14-16(13-15-8-4-3-5-9-15)17-10-6-7-12-21(17)18(19)22/h15-17,20H,2-14H2,1H3,(H2,19,22)/t16-,17?/m0/s1. The summed E-state index contributed by atoms with van der Waals surface area (Å²) in [5.74, 6) is 1.43. The van der Waals surface area contributed by atoms with Crippen LogP contribution in [0.25, 0.3) is 0 Å². The lowest BCUT2D eigenvalue weighted by Crippen LogP contribution is -2.52. The predicted molar refractivity (Wildman–Crippen MR) is 91.8 cm³/mol. The third-order valence-electron chi connectivity index (χ3n) is 5.57. The molecule has 22 heavy (non-hydrogen) atoms. The number of amides is 2. The number of carbonyl (C=O) groups is 1. The quantitative estimate of drug-likeness (QED) is 0.707. The van der Waals surface area contributed by atoms with E-state index in [4.69, 9.17) is 5.73 Å². The maximum atomic E-state index is 11.8. The highest BCUT2D eigenvalue weighted by Gasteiger charge is 2.33. The fourth-order valence-corrected chi connectivity index (χ4v) is 4.41. The number of rotatable bonds is 7. The molecule has 1 heterocycles. The third-order valence-corrected chi connectivity index (χ3v) is 5.57. The van der Waals surface area contributed by atoms with Crippen LogP contribution < -0.4 is 11.1 Å². The normalized spacial score (nSPS) is 25.1. The average Bonchev–Trinajstić information content (AvgIpc) is 2.55. The van der Waals surface area contributed by atoms with Crippen LogP contribution >= 0.6 is 0 Å². The highest BCUT2D eigenvalue weighted by molar-refractivity contribution is 5.72. The number of hydrogen-bond acceptors (Lipinski definition) is 2. The first-order chi connectivity index (χ1) is 10.7. The number of nitrogens with two attached hydrogens (primary N) is 1. The number of hydrogen-bond donors (Lipinski definition) is 2. The van der Waals surface area contributed by atoms with Crippen molar-refractivity contribution in [2.45, 2.75) is 77.2 Å². The molecule has 2 fully saturated rings. The van der Waals surface area contributed by atoms with Crippen LogP contribution in [0.1, 0.15) is 71.1 Å². The molecular weight excluding hydrogens is 274 g/mol. The van der Waals surface area contributed by atoms with Gasteiger partial charge in [0.25, 0.3) is 0 Å². The van der Waals surface area contributed by atoms with E-state index in [1.807, 2.05) is 4.90 Å². The van der Waals surface area contributed by atoms with E-state index < -0.39 is 0 Å². The van der Waals surface area contributed by atoms with Gasteiger partial charge in [0.1, 0.15) is 0 Å². The van der Waals surface area contributed by atoms with Crippen LogP contribution in [0.4, 0.5) is 4.79 Å². The van der Waals surface area contributed by atoms with Gasteiger partial charge in [0.15, 0.2) is 0 Å². The Kier molecular flexibility index (Phi) is 7.50. The first-order valence-electron chi connectivity index (χ1n) is 9.49. The second-order valence-electron chi connectivity index (χ2n) is 7.30. The SMILES string of the molecule is CCCNC[C@H](CC1CCCCC1)C1CCCCN1C(N)=O. The molecule has 1 aliphatic carbocycles. The van der Waals surface area contributed by atoms with Crippen LogP contribution in [0.5, 0.6) is 0 Å². The molecule has 0 aromatic heterocycles. The molecule has 128 valence electrons.